The lowest BCUT2D eigenvalue weighted by Gasteiger charge is -2.15. The number of guanidine groups is 1. The Morgan fingerprint density at radius 2 is 2.00 bits per heavy atom. The van der Waals surface area contributed by atoms with E-state index in [0.29, 0.717) is 25.0 Å². The van der Waals surface area contributed by atoms with Crippen molar-refractivity contribution >= 4 is 11.9 Å². The summed E-state index contributed by atoms with van der Waals surface area (Å²) in [4.78, 5) is 15.6. The topological polar surface area (TPSA) is 79.5 Å². The van der Waals surface area contributed by atoms with E-state index in [4.69, 9.17) is 5.73 Å². The lowest BCUT2D eigenvalue weighted by molar-refractivity contribution is -0.122. The molecule has 16 heavy (non-hydrogen) atoms. The van der Waals surface area contributed by atoms with E-state index in [0.717, 1.165) is 6.42 Å². The van der Waals surface area contributed by atoms with Crippen LogP contribution < -0.4 is 16.4 Å². The standard InChI is InChI=1S/C11H24N4O/c1-5-6-13-11(12)15-9(4)10(16)14-7-8(2)3/h8-9H,5-7H2,1-4H3,(H,14,16)(H3,12,13,15). The van der Waals surface area contributed by atoms with Crippen LogP contribution in [0.25, 0.3) is 0 Å². The van der Waals surface area contributed by atoms with Crippen molar-refractivity contribution in [3.8, 4) is 0 Å². The summed E-state index contributed by atoms with van der Waals surface area (Å²) in [5.74, 6) is 0.722. The molecule has 0 bridgehead atoms. The number of hydrogen-bond donors (Lipinski definition) is 3. The van der Waals surface area contributed by atoms with Crippen LogP contribution >= 0.6 is 0 Å². The summed E-state index contributed by atoms with van der Waals surface area (Å²) >= 11 is 0. The molecule has 1 amide bonds. The smallest absolute Gasteiger partial charge is 0.242 e. The number of rotatable bonds is 6. The monoisotopic (exact) mass is 228 g/mol. The first kappa shape index (κ1) is 14.7. The largest absolute Gasteiger partial charge is 0.370 e. The van der Waals surface area contributed by atoms with Gasteiger partial charge in [-0.2, -0.15) is 0 Å². The maximum absolute atomic E-state index is 11.6. The highest BCUT2D eigenvalue weighted by molar-refractivity contribution is 5.87. The van der Waals surface area contributed by atoms with E-state index in [-0.39, 0.29) is 11.9 Å². The SMILES string of the molecule is CCCN=C(N)NC(C)C(=O)NCC(C)C. The Morgan fingerprint density at radius 3 is 2.50 bits per heavy atom. The van der Waals surface area contributed by atoms with E-state index in [2.05, 4.69) is 29.5 Å². The molecule has 0 aromatic heterocycles. The molecule has 0 radical (unpaired) electrons. The first-order chi connectivity index (χ1) is 7.47. The quantitative estimate of drug-likeness (QED) is 0.456. The zero-order valence-electron chi connectivity index (χ0n) is 10.7. The van der Waals surface area contributed by atoms with Crippen LogP contribution in [0.4, 0.5) is 0 Å². The van der Waals surface area contributed by atoms with Crippen molar-refractivity contribution in [1.82, 2.24) is 10.6 Å². The lowest BCUT2D eigenvalue weighted by atomic mass is 10.2. The average Bonchev–Trinajstić information content (AvgIpc) is 2.22. The molecule has 0 aliphatic rings. The summed E-state index contributed by atoms with van der Waals surface area (Å²) in [5.41, 5.74) is 5.61. The number of amides is 1. The molecule has 4 N–H and O–H groups in total. The maximum Gasteiger partial charge on any atom is 0.242 e. The minimum atomic E-state index is -0.348. The second kappa shape index (κ2) is 7.96. The molecule has 0 aromatic carbocycles. The Labute approximate surface area is 97.9 Å². The molecule has 0 aliphatic carbocycles. The molecule has 94 valence electrons. The van der Waals surface area contributed by atoms with Gasteiger partial charge in [-0.1, -0.05) is 20.8 Å². The van der Waals surface area contributed by atoms with Crippen LogP contribution in [0.2, 0.25) is 0 Å². The summed E-state index contributed by atoms with van der Waals surface area (Å²) in [6, 6.07) is -0.348. The summed E-state index contributed by atoms with van der Waals surface area (Å²) < 4.78 is 0. The van der Waals surface area contributed by atoms with Crippen molar-refractivity contribution in [2.45, 2.75) is 40.2 Å². The second-order valence-corrected chi connectivity index (χ2v) is 4.27. The van der Waals surface area contributed by atoms with E-state index in [9.17, 15) is 4.79 Å². The Hall–Kier alpha value is -1.26. The zero-order chi connectivity index (χ0) is 12.6. The van der Waals surface area contributed by atoms with Gasteiger partial charge in [0, 0.05) is 13.1 Å². The fourth-order valence-electron chi connectivity index (χ4n) is 1.02. The van der Waals surface area contributed by atoms with Crippen molar-refractivity contribution in [2.24, 2.45) is 16.6 Å². The third kappa shape index (κ3) is 7.09. The molecule has 0 aliphatic heterocycles. The highest BCUT2D eigenvalue weighted by Crippen LogP contribution is 1.89. The first-order valence-corrected chi connectivity index (χ1v) is 5.81. The van der Waals surface area contributed by atoms with E-state index in [1.165, 1.54) is 0 Å². The van der Waals surface area contributed by atoms with Gasteiger partial charge in [0.15, 0.2) is 5.96 Å². The van der Waals surface area contributed by atoms with Crippen LogP contribution in [-0.2, 0) is 4.79 Å². The number of carbonyl (C=O) groups is 1. The summed E-state index contributed by atoms with van der Waals surface area (Å²) in [6.45, 7) is 9.25. The Balaban J connectivity index is 3.95. The number of hydrogen-bond acceptors (Lipinski definition) is 2. The fraction of sp³-hybridized carbons (Fsp3) is 0.818. The maximum atomic E-state index is 11.6. The zero-order valence-corrected chi connectivity index (χ0v) is 10.7. The highest BCUT2D eigenvalue weighted by Gasteiger charge is 2.12. The Kier molecular flexibility index (Phi) is 7.33. The van der Waals surface area contributed by atoms with Crippen LogP contribution in [0, 0.1) is 5.92 Å². The number of nitrogens with one attached hydrogen (secondary N) is 2. The summed E-state index contributed by atoms with van der Waals surface area (Å²) in [6.07, 6.45) is 0.941. The third-order valence-electron chi connectivity index (χ3n) is 1.95. The van der Waals surface area contributed by atoms with Crippen molar-refractivity contribution in [3.05, 3.63) is 0 Å². The van der Waals surface area contributed by atoms with Gasteiger partial charge >= 0.3 is 0 Å². The summed E-state index contributed by atoms with van der Waals surface area (Å²) in [7, 11) is 0. The van der Waals surface area contributed by atoms with Gasteiger partial charge in [0.25, 0.3) is 0 Å². The Bertz CT molecular complexity index is 238. The highest BCUT2D eigenvalue weighted by atomic mass is 16.2. The van der Waals surface area contributed by atoms with Gasteiger partial charge in [-0.05, 0) is 19.3 Å². The van der Waals surface area contributed by atoms with E-state index >= 15 is 0 Å². The number of nitrogens with two attached hydrogens (primary N) is 1. The van der Waals surface area contributed by atoms with Gasteiger partial charge < -0.3 is 16.4 Å². The van der Waals surface area contributed by atoms with Crippen molar-refractivity contribution in [1.29, 1.82) is 0 Å². The number of nitrogens with zero attached hydrogens (tertiary/aromatic N) is 1. The first-order valence-electron chi connectivity index (χ1n) is 5.81. The molecule has 0 fully saturated rings. The van der Waals surface area contributed by atoms with Crippen LogP contribution in [0.5, 0.6) is 0 Å². The van der Waals surface area contributed by atoms with Crippen LogP contribution in [0.1, 0.15) is 34.1 Å². The normalized spacial score (nSPS) is 13.7. The minimum Gasteiger partial charge on any atom is -0.370 e. The van der Waals surface area contributed by atoms with Crippen LogP contribution in [-0.4, -0.2) is 31.0 Å². The molecule has 1 unspecified atom stereocenters. The molecular formula is C11H24N4O. The number of aliphatic imine (C=N–C) groups is 1. The molecular weight excluding hydrogens is 204 g/mol. The molecule has 0 spiro atoms. The van der Waals surface area contributed by atoms with Gasteiger partial charge in [0.2, 0.25) is 5.91 Å². The fourth-order valence-corrected chi connectivity index (χ4v) is 1.02. The molecule has 0 saturated carbocycles. The van der Waals surface area contributed by atoms with E-state index in [1.807, 2.05) is 6.92 Å². The second-order valence-electron chi connectivity index (χ2n) is 4.27. The van der Waals surface area contributed by atoms with Crippen molar-refractivity contribution in [2.75, 3.05) is 13.1 Å². The van der Waals surface area contributed by atoms with Gasteiger partial charge in [0.1, 0.15) is 6.04 Å². The molecule has 1 atom stereocenters. The van der Waals surface area contributed by atoms with E-state index in [1.54, 1.807) is 6.92 Å². The molecule has 0 saturated heterocycles. The van der Waals surface area contributed by atoms with Crippen molar-refractivity contribution < 1.29 is 4.79 Å². The number of carbonyl (C=O) groups excluding carboxylic acids is 1. The molecule has 5 nitrogen and oxygen atoms in total. The van der Waals surface area contributed by atoms with Crippen molar-refractivity contribution in [3.63, 3.8) is 0 Å². The van der Waals surface area contributed by atoms with Gasteiger partial charge in [-0.3, -0.25) is 9.79 Å². The van der Waals surface area contributed by atoms with Crippen LogP contribution in [0.15, 0.2) is 4.99 Å². The van der Waals surface area contributed by atoms with Crippen LogP contribution in [0.3, 0.4) is 0 Å². The van der Waals surface area contributed by atoms with Gasteiger partial charge in [-0.15, -0.1) is 0 Å². The predicted octanol–water partition coefficient (Wildman–Crippen LogP) is 0.461. The van der Waals surface area contributed by atoms with Gasteiger partial charge in [-0.25, -0.2) is 0 Å². The predicted molar refractivity (Wildman–Crippen MR) is 67.2 cm³/mol. The van der Waals surface area contributed by atoms with Gasteiger partial charge in [0.05, 0.1) is 0 Å². The average molecular weight is 228 g/mol. The molecule has 0 aromatic rings. The summed E-state index contributed by atoms with van der Waals surface area (Å²) in [5, 5.41) is 5.69. The Morgan fingerprint density at radius 1 is 1.38 bits per heavy atom. The molecule has 0 heterocycles. The molecule has 0 rings (SSSR count). The lowest BCUT2D eigenvalue weighted by Crippen LogP contribution is -2.48. The minimum absolute atomic E-state index is 0.0525. The van der Waals surface area contributed by atoms with E-state index < -0.39 is 0 Å². The third-order valence-corrected chi connectivity index (χ3v) is 1.95. The molecule has 5 heteroatoms.